The van der Waals surface area contributed by atoms with Crippen LogP contribution in [-0.4, -0.2) is 74.9 Å². The molecule has 0 spiro atoms. The van der Waals surface area contributed by atoms with Crippen LogP contribution in [0.1, 0.15) is 20.3 Å². The smallest absolute Gasteiger partial charge is 0.0446 e. The highest BCUT2D eigenvalue weighted by molar-refractivity contribution is 4.72. The third-order valence-corrected chi connectivity index (χ3v) is 2.85. The van der Waals surface area contributed by atoms with Crippen molar-refractivity contribution in [3.8, 4) is 0 Å². The number of hydrogen-bond donors (Lipinski definition) is 2. The zero-order valence-corrected chi connectivity index (χ0v) is 12.2. The fourth-order valence-corrected chi connectivity index (χ4v) is 1.91. The molecule has 0 bridgehead atoms. The molecule has 0 fully saturated rings. The lowest BCUT2D eigenvalue weighted by Gasteiger charge is -2.29. The first-order chi connectivity index (χ1) is 7.99. The summed E-state index contributed by atoms with van der Waals surface area (Å²) in [6.45, 7) is 9.08. The maximum atomic E-state index is 9.01. The van der Waals surface area contributed by atoms with E-state index in [0.717, 1.165) is 32.6 Å². The molecule has 0 heterocycles. The number of nitrogens with zero attached hydrogens (tertiary/aromatic N) is 2. The van der Waals surface area contributed by atoms with E-state index < -0.39 is 0 Å². The number of likely N-dealkylation sites (N-methyl/N-ethyl adjacent to an activating group) is 2. The van der Waals surface area contributed by atoms with E-state index in [1.54, 1.807) is 0 Å². The second-order valence-corrected chi connectivity index (χ2v) is 5.45. The average Bonchev–Trinajstić information content (AvgIpc) is 2.24. The Morgan fingerprint density at radius 3 is 2.18 bits per heavy atom. The van der Waals surface area contributed by atoms with Crippen LogP contribution in [0.4, 0.5) is 0 Å². The van der Waals surface area contributed by atoms with Crippen LogP contribution >= 0.6 is 0 Å². The van der Waals surface area contributed by atoms with Crippen LogP contribution in [0, 0.1) is 5.92 Å². The number of rotatable bonds is 10. The van der Waals surface area contributed by atoms with Gasteiger partial charge in [0.2, 0.25) is 0 Å². The van der Waals surface area contributed by atoms with Crippen LogP contribution in [0.25, 0.3) is 0 Å². The minimum absolute atomic E-state index is 0.259. The summed E-state index contributed by atoms with van der Waals surface area (Å²) in [5.41, 5.74) is 0. The molecule has 0 radical (unpaired) electrons. The number of aliphatic hydroxyl groups excluding tert-OH is 1. The largest absolute Gasteiger partial charge is 0.396 e. The Morgan fingerprint density at radius 2 is 1.76 bits per heavy atom. The molecule has 0 saturated heterocycles. The van der Waals surface area contributed by atoms with Crippen molar-refractivity contribution in [3.63, 3.8) is 0 Å². The van der Waals surface area contributed by atoms with Gasteiger partial charge in [0.25, 0.3) is 0 Å². The number of aliphatic hydroxyl groups is 1. The van der Waals surface area contributed by atoms with Crippen LogP contribution < -0.4 is 5.32 Å². The van der Waals surface area contributed by atoms with E-state index in [0.29, 0.717) is 12.0 Å². The first kappa shape index (κ1) is 16.8. The molecule has 0 aromatic carbocycles. The standard InChI is InChI=1S/C13H31N3O/c1-12(2)10-16(8-7-15(4)5)11-13(14-3)6-9-17/h12-14,17H,6-11H2,1-5H3. The summed E-state index contributed by atoms with van der Waals surface area (Å²) in [6, 6.07) is 0.390. The van der Waals surface area contributed by atoms with Crippen LogP contribution in [-0.2, 0) is 0 Å². The fraction of sp³-hybridized carbons (Fsp3) is 1.00. The van der Waals surface area contributed by atoms with Crippen molar-refractivity contribution in [1.29, 1.82) is 0 Å². The van der Waals surface area contributed by atoms with Gasteiger partial charge < -0.3 is 20.2 Å². The van der Waals surface area contributed by atoms with Crippen molar-refractivity contribution in [3.05, 3.63) is 0 Å². The number of nitrogens with one attached hydrogen (secondary N) is 1. The predicted octanol–water partition coefficient (Wildman–Crippen LogP) is 0.476. The molecule has 0 saturated carbocycles. The molecule has 0 rings (SSSR count). The van der Waals surface area contributed by atoms with Gasteiger partial charge in [-0.1, -0.05) is 13.8 Å². The second-order valence-electron chi connectivity index (χ2n) is 5.45. The summed E-state index contributed by atoms with van der Waals surface area (Å²) < 4.78 is 0. The molecule has 4 nitrogen and oxygen atoms in total. The zero-order chi connectivity index (χ0) is 13.3. The first-order valence-corrected chi connectivity index (χ1v) is 6.64. The lowest BCUT2D eigenvalue weighted by molar-refractivity contribution is 0.184. The summed E-state index contributed by atoms with van der Waals surface area (Å²) in [6.07, 6.45) is 0.826. The summed E-state index contributed by atoms with van der Waals surface area (Å²) in [5.74, 6) is 0.684. The van der Waals surface area contributed by atoms with Crippen LogP contribution in [0.3, 0.4) is 0 Å². The highest BCUT2D eigenvalue weighted by atomic mass is 16.3. The van der Waals surface area contributed by atoms with Gasteiger partial charge in [-0.15, -0.1) is 0 Å². The van der Waals surface area contributed by atoms with Gasteiger partial charge in [-0.2, -0.15) is 0 Å². The lowest BCUT2D eigenvalue weighted by atomic mass is 10.1. The maximum absolute atomic E-state index is 9.01. The SMILES string of the molecule is CNC(CCO)CN(CCN(C)C)CC(C)C. The molecular weight excluding hydrogens is 214 g/mol. The summed E-state index contributed by atoms with van der Waals surface area (Å²) >= 11 is 0. The molecule has 1 atom stereocenters. The summed E-state index contributed by atoms with van der Waals surface area (Å²) in [7, 11) is 6.19. The molecular formula is C13H31N3O. The van der Waals surface area contributed by atoms with Crippen LogP contribution in [0.5, 0.6) is 0 Å². The lowest BCUT2D eigenvalue weighted by Crippen LogP contribution is -2.43. The van der Waals surface area contributed by atoms with Crippen molar-refractivity contribution < 1.29 is 5.11 Å². The Balaban J connectivity index is 4.14. The molecule has 2 N–H and O–H groups in total. The Labute approximate surface area is 107 Å². The van der Waals surface area contributed by atoms with E-state index in [1.165, 1.54) is 0 Å². The predicted molar refractivity (Wildman–Crippen MR) is 74.4 cm³/mol. The molecule has 1 unspecified atom stereocenters. The third kappa shape index (κ3) is 9.53. The molecule has 0 aliphatic carbocycles. The first-order valence-electron chi connectivity index (χ1n) is 6.64. The van der Waals surface area contributed by atoms with Crippen molar-refractivity contribution in [1.82, 2.24) is 15.1 Å². The van der Waals surface area contributed by atoms with Gasteiger partial charge in [-0.3, -0.25) is 0 Å². The van der Waals surface area contributed by atoms with Gasteiger partial charge in [0.1, 0.15) is 0 Å². The Hall–Kier alpha value is -0.160. The fourth-order valence-electron chi connectivity index (χ4n) is 1.91. The molecule has 104 valence electrons. The van der Waals surface area contributed by atoms with E-state index in [1.807, 2.05) is 7.05 Å². The van der Waals surface area contributed by atoms with E-state index >= 15 is 0 Å². The van der Waals surface area contributed by atoms with Crippen LogP contribution in [0.15, 0.2) is 0 Å². The Kier molecular flexibility index (Phi) is 9.74. The Morgan fingerprint density at radius 1 is 1.12 bits per heavy atom. The van der Waals surface area contributed by atoms with Crippen molar-refractivity contribution in [2.45, 2.75) is 26.3 Å². The van der Waals surface area contributed by atoms with Gasteiger partial charge in [0, 0.05) is 38.8 Å². The molecule has 17 heavy (non-hydrogen) atoms. The van der Waals surface area contributed by atoms with Crippen molar-refractivity contribution in [2.75, 3.05) is 53.9 Å². The highest BCUT2D eigenvalue weighted by Gasteiger charge is 2.13. The van der Waals surface area contributed by atoms with Gasteiger partial charge in [-0.25, -0.2) is 0 Å². The van der Waals surface area contributed by atoms with Crippen molar-refractivity contribution >= 4 is 0 Å². The highest BCUT2D eigenvalue weighted by Crippen LogP contribution is 2.02. The molecule has 0 aliphatic heterocycles. The van der Waals surface area contributed by atoms with E-state index in [4.69, 9.17) is 5.11 Å². The quantitative estimate of drug-likeness (QED) is 0.587. The molecule has 0 amide bonds. The molecule has 0 aromatic rings. The zero-order valence-electron chi connectivity index (χ0n) is 12.2. The Bertz CT molecular complexity index is 174. The van der Waals surface area contributed by atoms with Crippen molar-refractivity contribution in [2.24, 2.45) is 5.92 Å². The van der Waals surface area contributed by atoms with Gasteiger partial charge >= 0.3 is 0 Å². The van der Waals surface area contributed by atoms with E-state index in [2.05, 4.69) is 43.1 Å². The van der Waals surface area contributed by atoms with Gasteiger partial charge in [0.05, 0.1) is 0 Å². The van der Waals surface area contributed by atoms with Gasteiger partial charge in [0.15, 0.2) is 0 Å². The summed E-state index contributed by atoms with van der Waals surface area (Å²) in [4.78, 5) is 4.70. The van der Waals surface area contributed by atoms with Gasteiger partial charge in [-0.05, 0) is 33.5 Å². The topological polar surface area (TPSA) is 38.7 Å². The number of hydrogen-bond acceptors (Lipinski definition) is 4. The van der Waals surface area contributed by atoms with Crippen LogP contribution in [0.2, 0.25) is 0 Å². The molecule has 4 heteroatoms. The summed E-state index contributed by atoms with van der Waals surface area (Å²) in [5, 5.41) is 12.3. The molecule has 0 aliphatic rings. The van der Waals surface area contributed by atoms with E-state index in [9.17, 15) is 0 Å². The molecule has 0 aromatic heterocycles. The van der Waals surface area contributed by atoms with E-state index in [-0.39, 0.29) is 6.61 Å². The monoisotopic (exact) mass is 245 g/mol. The second kappa shape index (κ2) is 9.83. The normalized spacial score (nSPS) is 13.9. The average molecular weight is 245 g/mol. The maximum Gasteiger partial charge on any atom is 0.0446 e. The minimum Gasteiger partial charge on any atom is -0.396 e. The minimum atomic E-state index is 0.259. The third-order valence-electron chi connectivity index (χ3n) is 2.85.